The van der Waals surface area contributed by atoms with Crippen molar-refractivity contribution in [2.45, 2.75) is 63.5 Å². The number of hydrogen-bond acceptors (Lipinski definition) is 4. The van der Waals surface area contributed by atoms with Crippen molar-refractivity contribution in [3.8, 4) is 0 Å². The molecule has 0 radical (unpaired) electrons. The number of hydrazine groups is 1. The molecule has 3 N–H and O–H groups in total. The van der Waals surface area contributed by atoms with Crippen molar-refractivity contribution in [1.29, 1.82) is 0 Å². The van der Waals surface area contributed by atoms with Gasteiger partial charge in [-0.3, -0.25) is 11.3 Å². The van der Waals surface area contributed by atoms with Gasteiger partial charge in [0.1, 0.15) is 0 Å². The van der Waals surface area contributed by atoms with E-state index in [0.717, 1.165) is 5.25 Å². The SMILES string of the molecule is CCC1SCCSC1C(CCC(C)(C)C)NN. The second-order valence-electron chi connectivity index (χ2n) is 6.03. The van der Waals surface area contributed by atoms with Gasteiger partial charge in [-0.2, -0.15) is 23.5 Å². The van der Waals surface area contributed by atoms with E-state index in [1.165, 1.54) is 30.8 Å². The van der Waals surface area contributed by atoms with Crippen molar-refractivity contribution < 1.29 is 0 Å². The number of thioether (sulfide) groups is 2. The molecule has 1 heterocycles. The van der Waals surface area contributed by atoms with Gasteiger partial charge in [-0.25, -0.2) is 0 Å². The van der Waals surface area contributed by atoms with Crippen LogP contribution >= 0.6 is 23.5 Å². The van der Waals surface area contributed by atoms with Crippen molar-refractivity contribution in [2.24, 2.45) is 11.3 Å². The van der Waals surface area contributed by atoms with E-state index in [2.05, 4.69) is 56.6 Å². The lowest BCUT2D eigenvalue weighted by Crippen LogP contribution is -2.48. The predicted molar refractivity (Wildman–Crippen MR) is 82.6 cm³/mol. The first-order valence-electron chi connectivity index (χ1n) is 6.67. The Balaban J connectivity index is 2.52. The summed E-state index contributed by atoms with van der Waals surface area (Å²) in [6.07, 6.45) is 3.69. The maximum Gasteiger partial charge on any atom is 0.0340 e. The van der Waals surface area contributed by atoms with E-state index in [-0.39, 0.29) is 0 Å². The first kappa shape index (κ1) is 15.7. The van der Waals surface area contributed by atoms with Gasteiger partial charge >= 0.3 is 0 Å². The Morgan fingerprint density at radius 1 is 1.29 bits per heavy atom. The van der Waals surface area contributed by atoms with E-state index >= 15 is 0 Å². The molecular formula is C13H28N2S2. The molecule has 0 aliphatic carbocycles. The molecule has 0 aromatic rings. The summed E-state index contributed by atoms with van der Waals surface area (Å²) in [6, 6.07) is 0.469. The van der Waals surface area contributed by atoms with Crippen LogP contribution in [0.15, 0.2) is 0 Å². The third-order valence-electron chi connectivity index (χ3n) is 3.31. The lowest BCUT2D eigenvalue weighted by Gasteiger charge is -2.36. The zero-order valence-corrected chi connectivity index (χ0v) is 13.3. The van der Waals surface area contributed by atoms with Crippen molar-refractivity contribution in [1.82, 2.24) is 5.43 Å². The molecule has 1 aliphatic rings. The van der Waals surface area contributed by atoms with E-state index in [4.69, 9.17) is 5.84 Å². The van der Waals surface area contributed by atoms with Gasteiger partial charge < -0.3 is 0 Å². The Hall–Kier alpha value is 0.620. The van der Waals surface area contributed by atoms with Crippen LogP contribution in [0.5, 0.6) is 0 Å². The van der Waals surface area contributed by atoms with Gasteiger partial charge in [0.25, 0.3) is 0 Å². The predicted octanol–water partition coefficient (Wildman–Crippen LogP) is 3.27. The summed E-state index contributed by atoms with van der Waals surface area (Å²) in [5.41, 5.74) is 3.48. The summed E-state index contributed by atoms with van der Waals surface area (Å²) in [7, 11) is 0. The average molecular weight is 277 g/mol. The highest BCUT2D eigenvalue weighted by molar-refractivity contribution is 8.07. The molecule has 1 rings (SSSR count). The molecule has 1 fully saturated rings. The molecule has 0 bridgehead atoms. The van der Waals surface area contributed by atoms with Crippen molar-refractivity contribution in [3.63, 3.8) is 0 Å². The fraction of sp³-hybridized carbons (Fsp3) is 1.00. The van der Waals surface area contributed by atoms with Crippen molar-refractivity contribution >= 4 is 23.5 Å². The Kier molecular flexibility index (Phi) is 6.70. The Morgan fingerprint density at radius 2 is 1.94 bits per heavy atom. The number of nitrogens with two attached hydrogens (primary N) is 1. The zero-order valence-electron chi connectivity index (χ0n) is 11.7. The average Bonchev–Trinajstić information content (AvgIpc) is 2.29. The Morgan fingerprint density at radius 3 is 2.47 bits per heavy atom. The molecule has 2 nitrogen and oxygen atoms in total. The highest BCUT2D eigenvalue weighted by atomic mass is 32.2. The molecule has 0 aromatic carbocycles. The minimum atomic E-state index is 0.406. The fourth-order valence-corrected chi connectivity index (χ4v) is 5.53. The molecule has 0 aromatic heterocycles. The maximum absolute atomic E-state index is 5.78. The summed E-state index contributed by atoms with van der Waals surface area (Å²) in [6.45, 7) is 9.22. The monoisotopic (exact) mass is 276 g/mol. The number of nitrogens with one attached hydrogen (secondary N) is 1. The Bertz CT molecular complexity index is 216. The molecule has 1 aliphatic heterocycles. The largest absolute Gasteiger partial charge is 0.271 e. The zero-order chi connectivity index (χ0) is 12.9. The molecule has 17 heavy (non-hydrogen) atoms. The van der Waals surface area contributed by atoms with Crippen LogP contribution in [0.3, 0.4) is 0 Å². The van der Waals surface area contributed by atoms with Crippen LogP contribution in [-0.4, -0.2) is 28.0 Å². The maximum atomic E-state index is 5.78. The normalized spacial score (nSPS) is 28.1. The molecular weight excluding hydrogens is 248 g/mol. The summed E-state index contributed by atoms with van der Waals surface area (Å²) >= 11 is 4.25. The minimum absolute atomic E-state index is 0.406. The summed E-state index contributed by atoms with van der Waals surface area (Å²) < 4.78 is 0. The first-order chi connectivity index (χ1) is 7.98. The number of hydrogen-bond donors (Lipinski definition) is 2. The minimum Gasteiger partial charge on any atom is -0.271 e. The third-order valence-corrected chi connectivity index (χ3v) is 6.72. The quantitative estimate of drug-likeness (QED) is 0.597. The van der Waals surface area contributed by atoms with Gasteiger partial charge in [-0.1, -0.05) is 27.7 Å². The van der Waals surface area contributed by atoms with Crippen LogP contribution in [0, 0.1) is 5.41 Å². The summed E-state index contributed by atoms with van der Waals surface area (Å²) in [4.78, 5) is 0. The highest BCUT2D eigenvalue weighted by Crippen LogP contribution is 2.37. The first-order valence-corrected chi connectivity index (χ1v) is 8.77. The van der Waals surface area contributed by atoms with Crippen molar-refractivity contribution in [2.75, 3.05) is 11.5 Å². The molecule has 102 valence electrons. The van der Waals surface area contributed by atoms with Gasteiger partial charge in [0.05, 0.1) is 0 Å². The van der Waals surface area contributed by atoms with Gasteiger partial charge in [0.15, 0.2) is 0 Å². The van der Waals surface area contributed by atoms with Gasteiger partial charge in [0.2, 0.25) is 0 Å². The van der Waals surface area contributed by atoms with Gasteiger partial charge in [-0.15, -0.1) is 0 Å². The second kappa shape index (κ2) is 7.27. The Labute approximate surface area is 115 Å². The van der Waals surface area contributed by atoms with Gasteiger partial charge in [-0.05, 0) is 24.7 Å². The van der Waals surface area contributed by atoms with Crippen LogP contribution < -0.4 is 11.3 Å². The standard InChI is InChI=1S/C13H28N2S2/c1-5-11-12(17-9-8-16-11)10(15-14)6-7-13(2,3)4/h10-12,15H,5-9,14H2,1-4H3. The molecule has 3 unspecified atom stereocenters. The second-order valence-corrected chi connectivity index (χ2v) is 8.66. The van der Waals surface area contributed by atoms with Crippen LogP contribution in [0.2, 0.25) is 0 Å². The molecule has 1 saturated heterocycles. The van der Waals surface area contributed by atoms with E-state index in [1.54, 1.807) is 0 Å². The molecule has 0 saturated carbocycles. The number of rotatable bonds is 5. The third kappa shape index (κ3) is 5.41. The van der Waals surface area contributed by atoms with Crippen LogP contribution in [-0.2, 0) is 0 Å². The van der Waals surface area contributed by atoms with E-state index < -0.39 is 0 Å². The van der Waals surface area contributed by atoms with E-state index in [0.29, 0.717) is 16.7 Å². The molecule has 3 atom stereocenters. The molecule has 4 heteroatoms. The topological polar surface area (TPSA) is 38.0 Å². The summed E-state index contributed by atoms with van der Waals surface area (Å²) in [5, 5.41) is 1.46. The van der Waals surface area contributed by atoms with E-state index in [9.17, 15) is 0 Å². The molecule has 0 amide bonds. The lowest BCUT2D eigenvalue weighted by molar-refractivity contribution is 0.325. The smallest absolute Gasteiger partial charge is 0.0340 e. The van der Waals surface area contributed by atoms with Crippen LogP contribution in [0.25, 0.3) is 0 Å². The lowest BCUT2D eigenvalue weighted by atomic mass is 9.87. The van der Waals surface area contributed by atoms with Gasteiger partial charge in [0, 0.05) is 28.0 Å². The van der Waals surface area contributed by atoms with Crippen molar-refractivity contribution in [3.05, 3.63) is 0 Å². The van der Waals surface area contributed by atoms with Crippen LogP contribution in [0.4, 0.5) is 0 Å². The highest BCUT2D eigenvalue weighted by Gasteiger charge is 2.31. The van der Waals surface area contributed by atoms with Crippen LogP contribution in [0.1, 0.15) is 47.0 Å². The fourth-order valence-electron chi connectivity index (χ4n) is 2.24. The van der Waals surface area contributed by atoms with E-state index in [1.807, 2.05) is 0 Å². The molecule has 0 spiro atoms. The summed E-state index contributed by atoms with van der Waals surface area (Å²) in [5.74, 6) is 8.36.